The monoisotopic (exact) mass is 333 g/mol. The van der Waals surface area contributed by atoms with Crippen molar-refractivity contribution in [2.75, 3.05) is 32.8 Å². The average molecular weight is 334 g/mol. The SMILES string of the molecule is O=C(CCNS(=O)(=O)c1cccnc1Cl)N1CCOCC1. The van der Waals surface area contributed by atoms with Crippen LogP contribution in [-0.2, 0) is 19.6 Å². The number of pyridine rings is 1. The highest BCUT2D eigenvalue weighted by atomic mass is 35.5. The van der Waals surface area contributed by atoms with Gasteiger partial charge in [-0.2, -0.15) is 0 Å². The summed E-state index contributed by atoms with van der Waals surface area (Å²) in [5, 5.41) is -0.0931. The van der Waals surface area contributed by atoms with Crippen molar-refractivity contribution in [2.45, 2.75) is 11.3 Å². The molecular formula is C12H16ClN3O4S. The first-order valence-electron chi connectivity index (χ1n) is 6.46. The molecule has 2 heterocycles. The first-order valence-corrected chi connectivity index (χ1v) is 8.32. The first-order chi connectivity index (χ1) is 10.0. The predicted octanol–water partition coefficient (Wildman–Crippen LogP) is 0.262. The molecule has 116 valence electrons. The molecule has 0 aliphatic carbocycles. The average Bonchev–Trinajstić information content (AvgIpc) is 2.48. The van der Waals surface area contributed by atoms with Crippen molar-refractivity contribution >= 4 is 27.5 Å². The summed E-state index contributed by atoms with van der Waals surface area (Å²) in [6.07, 6.45) is 1.50. The van der Waals surface area contributed by atoms with E-state index in [1.165, 1.54) is 18.3 Å². The zero-order valence-corrected chi connectivity index (χ0v) is 12.9. The van der Waals surface area contributed by atoms with E-state index in [9.17, 15) is 13.2 Å². The van der Waals surface area contributed by atoms with Crippen molar-refractivity contribution in [2.24, 2.45) is 0 Å². The van der Waals surface area contributed by atoms with Gasteiger partial charge >= 0.3 is 0 Å². The minimum absolute atomic E-state index is 0.0176. The van der Waals surface area contributed by atoms with E-state index < -0.39 is 10.0 Å². The minimum atomic E-state index is -3.76. The van der Waals surface area contributed by atoms with Crippen LogP contribution in [0, 0.1) is 0 Å². The fourth-order valence-corrected chi connectivity index (χ4v) is 3.40. The number of aromatic nitrogens is 1. The van der Waals surface area contributed by atoms with Gasteiger partial charge in [0, 0.05) is 32.3 Å². The van der Waals surface area contributed by atoms with E-state index in [0.717, 1.165) is 0 Å². The van der Waals surface area contributed by atoms with Gasteiger partial charge < -0.3 is 9.64 Å². The summed E-state index contributed by atoms with van der Waals surface area (Å²) in [6, 6.07) is 2.85. The van der Waals surface area contributed by atoms with Crippen LogP contribution in [0.4, 0.5) is 0 Å². The summed E-state index contributed by atoms with van der Waals surface area (Å²) >= 11 is 5.75. The Bertz CT molecular complexity index is 602. The maximum absolute atomic E-state index is 12.0. The highest BCUT2D eigenvalue weighted by molar-refractivity contribution is 7.89. The van der Waals surface area contributed by atoms with E-state index in [1.807, 2.05) is 0 Å². The lowest BCUT2D eigenvalue weighted by Crippen LogP contribution is -2.42. The van der Waals surface area contributed by atoms with Gasteiger partial charge in [-0.15, -0.1) is 0 Å². The van der Waals surface area contributed by atoms with Gasteiger partial charge in [0.25, 0.3) is 0 Å². The Kier molecular flexibility index (Phi) is 5.51. The van der Waals surface area contributed by atoms with E-state index in [4.69, 9.17) is 16.3 Å². The summed E-state index contributed by atoms with van der Waals surface area (Å²) in [6.45, 7) is 2.13. The summed E-state index contributed by atoms with van der Waals surface area (Å²) in [5.74, 6) is -0.0988. The van der Waals surface area contributed by atoms with Crippen molar-refractivity contribution in [1.29, 1.82) is 0 Å². The van der Waals surface area contributed by atoms with Crippen LogP contribution in [0.25, 0.3) is 0 Å². The number of morpholine rings is 1. The Morgan fingerprint density at radius 2 is 2.14 bits per heavy atom. The third-order valence-corrected chi connectivity index (χ3v) is 4.91. The molecule has 9 heteroatoms. The van der Waals surface area contributed by atoms with E-state index in [1.54, 1.807) is 4.90 Å². The number of carbonyl (C=O) groups is 1. The molecule has 1 aromatic rings. The second-order valence-corrected chi connectivity index (χ2v) is 6.53. The Hall–Kier alpha value is -1.22. The second-order valence-electron chi connectivity index (χ2n) is 4.43. The zero-order chi connectivity index (χ0) is 15.3. The van der Waals surface area contributed by atoms with Crippen LogP contribution in [0.2, 0.25) is 5.15 Å². The molecule has 0 radical (unpaired) electrons. The number of halogens is 1. The molecule has 2 rings (SSSR count). The van der Waals surface area contributed by atoms with E-state index in [0.29, 0.717) is 26.3 Å². The lowest BCUT2D eigenvalue weighted by Gasteiger charge is -2.26. The number of hydrogen-bond acceptors (Lipinski definition) is 5. The van der Waals surface area contributed by atoms with Gasteiger partial charge in [0.2, 0.25) is 15.9 Å². The van der Waals surface area contributed by atoms with E-state index in [-0.39, 0.29) is 28.9 Å². The maximum Gasteiger partial charge on any atom is 0.243 e. The van der Waals surface area contributed by atoms with Crippen molar-refractivity contribution in [3.05, 3.63) is 23.5 Å². The van der Waals surface area contributed by atoms with E-state index >= 15 is 0 Å². The van der Waals surface area contributed by atoms with Crippen LogP contribution in [0.3, 0.4) is 0 Å². The summed E-state index contributed by atoms with van der Waals surface area (Å²) in [4.78, 5) is 17.2. The molecule has 1 saturated heterocycles. The standard InChI is InChI=1S/C12H16ClN3O4S/c13-12-10(2-1-4-14-12)21(18,19)15-5-3-11(17)16-6-8-20-9-7-16/h1-2,4,15H,3,5-9H2. The number of nitrogens with zero attached hydrogens (tertiary/aromatic N) is 2. The Morgan fingerprint density at radius 1 is 1.43 bits per heavy atom. The Labute approximate surface area is 128 Å². The molecule has 0 saturated carbocycles. The Balaban J connectivity index is 1.88. The van der Waals surface area contributed by atoms with Crippen LogP contribution in [0.15, 0.2) is 23.2 Å². The lowest BCUT2D eigenvalue weighted by atomic mass is 10.3. The van der Waals surface area contributed by atoms with Gasteiger partial charge in [0.1, 0.15) is 10.0 Å². The molecule has 0 bridgehead atoms. The van der Waals surface area contributed by atoms with Crippen LogP contribution in [0.5, 0.6) is 0 Å². The van der Waals surface area contributed by atoms with Crippen LogP contribution < -0.4 is 4.72 Å². The molecule has 0 spiro atoms. The van der Waals surface area contributed by atoms with Gasteiger partial charge in [0.05, 0.1) is 13.2 Å². The smallest absolute Gasteiger partial charge is 0.243 e. The van der Waals surface area contributed by atoms with Gasteiger partial charge in [-0.05, 0) is 12.1 Å². The Morgan fingerprint density at radius 3 is 2.81 bits per heavy atom. The summed E-state index contributed by atoms with van der Waals surface area (Å²) in [7, 11) is -3.76. The number of amides is 1. The van der Waals surface area contributed by atoms with Crippen molar-refractivity contribution in [3.63, 3.8) is 0 Å². The maximum atomic E-state index is 12.0. The number of hydrogen-bond donors (Lipinski definition) is 1. The highest BCUT2D eigenvalue weighted by Crippen LogP contribution is 2.17. The van der Waals surface area contributed by atoms with Crippen LogP contribution in [0.1, 0.15) is 6.42 Å². The molecular weight excluding hydrogens is 318 g/mol. The van der Waals surface area contributed by atoms with Crippen LogP contribution >= 0.6 is 11.6 Å². The number of ether oxygens (including phenoxy) is 1. The molecule has 0 unspecified atom stereocenters. The van der Waals surface area contributed by atoms with Crippen molar-refractivity contribution < 1.29 is 17.9 Å². The lowest BCUT2D eigenvalue weighted by molar-refractivity contribution is -0.135. The number of nitrogens with one attached hydrogen (secondary N) is 1. The molecule has 7 nitrogen and oxygen atoms in total. The summed E-state index contributed by atoms with van der Waals surface area (Å²) in [5.41, 5.74) is 0. The number of carbonyl (C=O) groups excluding carboxylic acids is 1. The van der Waals surface area contributed by atoms with Crippen molar-refractivity contribution in [3.8, 4) is 0 Å². The summed E-state index contributed by atoms with van der Waals surface area (Å²) < 4.78 is 31.6. The zero-order valence-electron chi connectivity index (χ0n) is 11.3. The van der Waals surface area contributed by atoms with Gasteiger partial charge in [0.15, 0.2) is 0 Å². The molecule has 1 aliphatic rings. The second kappa shape index (κ2) is 7.17. The van der Waals surface area contributed by atoms with Crippen LogP contribution in [-0.4, -0.2) is 57.1 Å². The highest BCUT2D eigenvalue weighted by Gasteiger charge is 2.20. The quantitative estimate of drug-likeness (QED) is 0.781. The third-order valence-electron chi connectivity index (χ3n) is 3.01. The minimum Gasteiger partial charge on any atom is -0.378 e. The molecule has 1 fully saturated rings. The molecule has 1 aromatic heterocycles. The number of rotatable bonds is 5. The van der Waals surface area contributed by atoms with E-state index in [2.05, 4.69) is 9.71 Å². The number of sulfonamides is 1. The van der Waals surface area contributed by atoms with Crippen molar-refractivity contribution in [1.82, 2.24) is 14.6 Å². The fraction of sp³-hybridized carbons (Fsp3) is 0.500. The van der Waals surface area contributed by atoms with Gasteiger partial charge in [-0.3, -0.25) is 4.79 Å². The van der Waals surface area contributed by atoms with Gasteiger partial charge in [-0.1, -0.05) is 11.6 Å². The molecule has 0 aromatic carbocycles. The molecule has 0 atom stereocenters. The predicted molar refractivity (Wildman–Crippen MR) is 76.5 cm³/mol. The largest absolute Gasteiger partial charge is 0.378 e. The molecule has 21 heavy (non-hydrogen) atoms. The van der Waals surface area contributed by atoms with Gasteiger partial charge in [-0.25, -0.2) is 18.1 Å². The molecule has 1 aliphatic heterocycles. The molecule has 1 amide bonds. The topological polar surface area (TPSA) is 88.6 Å². The first kappa shape index (κ1) is 16.2. The molecule has 1 N–H and O–H groups in total. The normalized spacial score (nSPS) is 16.0. The fourth-order valence-electron chi connectivity index (χ4n) is 1.91. The third kappa shape index (κ3) is 4.37.